The Labute approximate surface area is 90.6 Å². The van der Waals surface area contributed by atoms with Crippen molar-refractivity contribution in [3.05, 3.63) is 54.2 Å². The third kappa shape index (κ3) is 2.21. The number of pyridine rings is 1. The first kappa shape index (κ1) is 10.7. The molecule has 4 heteroatoms. The normalized spacial score (nSPS) is 11.4. The SMILES string of the molecule is FC(F)(F)c1ccnc(-c2ccccc2)c1. The van der Waals surface area contributed by atoms with Crippen molar-refractivity contribution in [2.75, 3.05) is 0 Å². The lowest BCUT2D eigenvalue weighted by Crippen LogP contribution is -2.05. The molecule has 0 spiro atoms. The molecule has 2 aromatic rings. The number of hydrogen-bond donors (Lipinski definition) is 0. The number of aromatic nitrogens is 1. The van der Waals surface area contributed by atoms with Crippen LogP contribution in [0.25, 0.3) is 11.3 Å². The molecule has 0 saturated heterocycles. The molecule has 1 nitrogen and oxygen atoms in total. The van der Waals surface area contributed by atoms with Crippen molar-refractivity contribution in [1.82, 2.24) is 4.98 Å². The van der Waals surface area contributed by atoms with E-state index < -0.39 is 11.7 Å². The van der Waals surface area contributed by atoms with Crippen LogP contribution in [0.1, 0.15) is 5.56 Å². The van der Waals surface area contributed by atoms with Gasteiger partial charge in [-0.2, -0.15) is 13.2 Å². The van der Waals surface area contributed by atoms with Crippen LogP contribution in [0.15, 0.2) is 48.7 Å². The molecule has 0 aliphatic carbocycles. The Kier molecular flexibility index (Phi) is 2.64. The smallest absolute Gasteiger partial charge is 0.256 e. The summed E-state index contributed by atoms with van der Waals surface area (Å²) in [5.74, 6) is 0. The quantitative estimate of drug-likeness (QED) is 0.717. The number of nitrogens with zero attached hydrogens (tertiary/aromatic N) is 1. The van der Waals surface area contributed by atoms with Crippen LogP contribution in [0.4, 0.5) is 13.2 Å². The number of hydrogen-bond acceptors (Lipinski definition) is 1. The number of rotatable bonds is 1. The topological polar surface area (TPSA) is 12.9 Å². The minimum atomic E-state index is -4.33. The van der Waals surface area contributed by atoms with Crippen LogP contribution in [0, 0.1) is 0 Å². The molecule has 0 aliphatic heterocycles. The van der Waals surface area contributed by atoms with Crippen molar-refractivity contribution >= 4 is 0 Å². The Morgan fingerprint density at radius 3 is 2.25 bits per heavy atom. The van der Waals surface area contributed by atoms with Crippen LogP contribution in [0.5, 0.6) is 0 Å². The fourth-order valence-electron chi connectivity index (χ4n) is 1.37. The van der Waals surface area contributed by atoms with Crippen LogP contribution >= 0.6 is 0 Å². The molecule has 1 aromatic carbocycles. The lowest BCUT2D eigenvalue weighted by Gasteiger charge is -2.07. The van der Waals surface area contributed by atoms with Crippen LogP contribution in [-0.4, -0.2) is 4.98 Å². The van der Waals surface area contributed by atoms with E-state index in [9.17, 15) is 13.2 Å². The zero-order valence-electron chi connectivity index (χ0n) is 8.20. The second-order valence-electron chi connectivity index (χ2n) is 3.29. The third-order valence-corrected chi connectivity index (χ3v) is 2.16. The summed E-state index contributed by atoms with van der Waals surface area (Å²) in [4.78, 5) is 3.92. The summed E-state index contributed by atoms with van der Waals surface area (Å²) in [5, 5.41) is 0. The Morgan fingerprint density at radius 2 is 1.62 bits per heavy atom. The molecule has 0 unspecified atom stereocenters. The van der Waals surface area contributed by atoms with Gasteiger partial charge in [0.2, 0.25) is 0 Å². The summed E-state index contributed by atoms with van der Waals surface area (Å²) in [6, 6.07) is 10.8. The van der Waals surface area contributed by atoms with E-state index >= 15 is 0 Å². The van der Waals surface area contributed by atoms with Crippen LogP contribution in [-0.2, 0) is 6.18 Å². The van der Waals surface area contributed by atoms with E-state index in [1.165, 1.54) is 6.20 Å². The molecule has 2 rings (SSSR count). The zero-order valence-corrected chi connectivity index (χ0v) is 8.20. The molecule has 0 aliphatic rings. The van der Waals surface area contributed by atoms with Gasteiger partial charge in [-0.25, -0.2) is 0 Å². The summed E-state index contributed by atoms with van der Waals surface area (Å²) in [7, 11) is 0. The maximum absolute atomic E-state index is 12.5. The molecule has 0 N–H and O–H groups in total. The zero-order chi connectivity index (χ0) is 11.6. The fraction of sp³-hybridized carbons (Fsp3) is 0.0833. The van der Waals surface area contributed by atoms with Gasteiger partial charge in [0.1, 0.15) is 0 Å². The molecule has 16 heavy (non-hydrogen) atoms. The van der Waals surface area contributed by atoms with Gasteiger partial charge in [0.05, 0.1) is 11.3 Å². The third-order valence-electron chi connectivity index (χ3n) is 2.16. The first-order chi connectivity index (χ1) is 7.57. The van der Waals surface area contributed by atoms with Gasteiger partial charge in [-0.3, -0.25) is 4.98 Å². The Morgan fingerprint density at radius 1 is 0.938 bits per heavy atom. The molecule has 0 saturated carbocycles. The highest BCUT2D eigenvalue weighted by Gasteiger charge is 2.30. The van der Waals surface area contributed by atoms with Gasteiger partial charge < -0.3 is 0 Å². The predicted molar refractivity (Wildman–Crippen MR) is 54.7 cm³/mol. The Bertz CT molecular complexity index is 477. The highest BCUT2D eigenvalue weighted by atomic mass is 19.4. The number of benzene rings is 1. The molecule has 0 atom stereocenters. The molecule has 1 aromatic heterocycles. The van der Waals surface area contributed by atoms with Gasteiger partial charge in [0, 0.05) is 11.8 Å². The van der Waals surface area contributed by atoms with E-state index in [-0.39, 0.29) is 0 Å². The van der Waals surface area contributed by atoms with Crippen LogP contribution in [0.2, 0.25) is 0 Å². The largest absolute Gasteiger partial charge is 0.416 e. The molecular formula is C12H8F3N. The summed E-state index contributed by atoms with van der Waals surface area (Å²) in [5.41, 5.74) is 0.324. The Balaban J connectivity index is 2.45. The molecule has 1 heterocycles. The van der Waals surface area contributed by atoms with Gasteiger partial charge in [-0.1, -0.05) is 30.3 Å². The van der Waals surface area contributed by atoms with E-state index in [1.54, 1.807) is 30.3 Å². The molecule has 0 fully saturated rings. The lowest BCUT2D eigenvalue weighted by atomic mass is 10.1. The summed E-state index contributed by atoms with van der Waals surface area (Å²) in [6.45, 7) is 0. The van der Waals surface area contributed by atoms with Crippen molar-refractivity contribution < 1.29 is 13.2 Å². The second-order valence-corrected chi connectivity index (χ2v) is 3.29. The average molecular weight is 223 g/mol. The molecule has 0 amide bonds. The standard InChI is InChI=1S/C12H8F3N/c13-12(14,15)10-6-7-16-11(8-10)9-4-2-1-3-5-9/h1-8H. The van der Waals surface area contributed by atoms with Crippen molar-refractivity contribution in [2.24, 2.45) is 0 Å². The Hall–Kier alpha value is -1.84. The minimum Gasteiger partial charge on any atom is -0.256 e. The van der Waals surface area contributed by atoms with Crippen LogP contribution in [0.3, 0.4) is 0 Å². The van der Waals surface area contributed by atoms with Crippen LogP contribution < -0.4 is 0 Å². The summed E-state index contributed by atoms with van der Waals surface area (Å²) < 4.78 is 37.4. The maximum atomic E-state index is 12.5. The monoisotopic (exact) mass is 223 g/mol. The van der Waals surface area contributed by atoms with Crippen molar-refractivity contribution in [1.29, 1.82) is 0 Å². The van der Waals surface area contributed by atoms with Gasteiger partial charge in [-0.05, 0) is 12.1 Å². The predicted octanol–water partition coefficient (Wildman–Crippen LogP) is 3.77. The number of halogens is 3. The van der Waals surface area contributed by atoms with Gasteiger partial charge >= 0.3 is 6.18 Å². The first-order valence-electron chi connectivity index (χ1n) is 4.66. The van der Waals surface area contributed by atoms with E-state index in [2.05, 4.69) is 4.98 Å². The van der Waals surface area contributed by atoms with Gasteiger partial charge in [-0.15, -0.1) is 0 Å². The van der Waals surface area contributed by atoms with Gasteiger partial charge in [0.15, 0.2) is 0 Å². The summed E-state index contributed by atoms with van der Waals surface area (Å²) in [6.07, 6.45) is -3.16. The van der Waals surface area contributed by atoms with Crippen molar-refractivity contribution in [3.8, 4) is 11.3 Å². The van der Waals surface area contributed by atoms with E-state index in [4.69, 9.17) is 0 Å². The maximum Gasteiger partial charge on any atom is 0.416 e. The van der Waals surface area contributed by atoms with E-state index in [0.29, 0.717) is 11.3 Å². The van der Waals surface area contributed by atoms with Crippen molar-refractivity contribution in [3.63, 3.8) is 0 Å². The van der Waals surface area contributed by atoms with Crippen molar-refractivity contribution in [2.45, 2.75) is 6.18 Å². The molecule has 0 radical (unpaired) electrons. The minimum absolute atomic E-state index is 0.329. The van der Waals surface area contributed by atoms with E-state index in [0.717, 1.165) is 12.1 Å². The lowest BCUT2D eigenvalue weighted by molar-refractivity contribution is -0.137. The molecule has 0 bridgehead atoms. The molecular weight excluding hydrogens is 215 g/mol. The highest BCUT2D eigenvalue weighted by molar-refractivity contribution is 5.59. The fourth-order valence-corrected chi connectivity index (χ4v) is 1.37. The van der Waals surface area contributed by atoms with Gasteiger partial charge in [0.25, 0.3) is 0 Å². The first-order valence-corrected chi connectivity index (χ1v) is 4.66. The second kappa shape index (κ2) is 3.96. The molecule has 82 valence electrons. The average Bonchev–Trinajstić information content (AvgIpc) is 2.29. The summed E-state index contributed by atoms with van der Waals surface area (Å²) >= 11 is 0. The number of alkyl halides is 3. The van der Waals surface area contributed by atoms with E-state index in [1.807, 2.05) is 0 Å². The highest BCUT2D eigenvalue weighted by Crippen LogP contribution is 2.30.